The number of nitrogens with zero attached hydrogens (tertiary/aromatic N) is 2. The first kappa shape index (κ1) is 17.4. The number of carboxylic acids is 1. The highest BCUT2D eigenvalue weighted by Gasteiger charge is 2.31. The van der Waals surface area contributed by atoms with E-state index < -0.39 is 22.0 Å². The van der Waals surface area contributed by atoms with Crippen molar-refractivity contribution in [2.45, 2.75) is 31.2 Å². The molecule has 1 aromatic rings. The van der Waals surface area contributed by atoms with E-state index in [2.05, 4.69) is 0 Å². The van der Waals surface area contributed by atoms with Gasteiger partial charge in [0.25, 0.3) is 0 Å². The Hall–Kier alpha value is -1.62. The van der Waals surface area contributed by atoms with Crippen molar-refractivity contribution in [2.75, 3.05) is 6.54 Å². The summed E-state index contributed by atoms with van der Waals surface area (Å²) in [5.41, 5.74) is -0.0274. The van der Waals surface area contributed by atoms with Gasteiger partial charge >= 0.3 is 5.97 Å². The van der Waals surface area contributed by atoms with Gasteiger partial charge in [-0.15, -0.1) is 0 Å². The third-order valence-corrected chi connectivity index (χ3v) is 5.29. The minimum Gasteiger partial charge on any atom is -0.481 e. The summed E-state index contributed by atoms with van der Waals surface area (Å²) in [5, 5.41) is 18.0. The Bertz CT molecular complexity index is 682. The van der Waals surface area contributed by atoms with E-state index in [1.54, 1.807) is 13.0 Å². The zero-order valence-electron chi connectivity index (χ0n) is 11.6. The summed E-state index contributed by atoms with van der Waals surface area (Å²) in [5.74, 6) is -1.09. The predicted molar refractivity (Wildman–Crippen MR) is 77.4 cm³/mol. The van der Waals surface area contributed by atoms with Crippen LogP contribution in [0.2, 0.25) is 5.02 Å². The topological polar surface area (TPSA) is 98.5 Å². The van der Waals surface area contributed by atoms with E-state index in [9.17, 15) is 13.2 Å². The average Bonchev–Trinajstić information content (AvgIpc) is 2.38. The van der Waals surface area contributed by atoms with Crippen molar-refractivity contribution in [2.24, 2.45) is 0 Å². The van der Waals surface area contributed by atoms with Gasteiger partial charge in [-0.05, 0) is 25.1 Å². The number of benzene rings is 1. The summed E-state index contributed by atoms with van der Waals surface area (Å²) >= 11 is 5.81. The molecule has 1 aromatic carbocycles. The van der Waals surface area contributed by atoms with Crippen LogP contribution in [0.1, 0.15) is 25.8 Å². The molecule has 6 nitrogen and oxygen atoms in total. The van der Waals surface area contributed by atoms with Crippen molar-refractivity contribution in [1.82, 2.24) is 4.31 Å². The molecule has 0 spiro atoms. The maximum Gasteiger partial charge on any atom is 0.304 e. The standard InChI is InChI=1S/C13H15ClN2O4S/c1-3-16(9(2)6-13(17)18)21(19,20)12-7-11(14)5-4-10(12)8-15/h4-5,7,9H,3,6H2,1-2H3,(H,17,18). The predicted octanol–water partition coefficient (Wildman–Crippen LogP) is 2.09. The molecular formula is C13H15ClN2O4S. The van der Waals surface area contributed by atoms with Crippen molar-refractivity contribution in [3.8, 4) is 6.07 Å². The lowest BCUT2D eigenvalue weighted by Gasteiger charge is -2.26. The second-order valence-electron chi connectivity index (χ2n) is 4.41. The summed E-state index contributed by atoms with van der Waals surface area (Å²) in [4.78, 5) is 10.6. The lowest BCUT2D eigenvalue weighted by Crippen LogP contribution is -2.39. The molecule has 1 rings (SSSR count). The fourth-order valence-electron chi connectivity index (χ4n) is 2.00. The number of rotatable bonds is 6. The van der Waals surface area contributed by atoms with Crippen LogP contribution in [0.3, 0.4) is 0 Å². The molecule has 1 atom stereocenters. The van der Waals surface area contributed by atoms with Gasteiger partial charge in [0.2, 0.25) is 10.0 Å². The average molecular weight is 331 g/mol. The molecule has 0 saturated heterocycles. The highest BCUT2D eigenvalue weighted by atomic mass is 35.5. The van der Waals surface area contributed by atoms with Crippen LogP contribution in [0.5, 0.6) is 0 Å². The Morgan fingerprint density at radius 3 is 2.62 bits per heavy atom. The smallest absolute Gasteiger partial charge is 0.304 e. The molecule has 8 heteroatoms. The van der Waals surface area contributed by atoms with E-state index >= 15 is 0 Å². The summed E-state index contributed by atoms with van der Waals surface area (Å²) in [6.07, 6.45) is -0.324. The summed E-state index contributed by atoms with van der Waals surface area (Å²) < 4.78 is 26.3. The number of carboxylic acid groups (broad SMARTS) is 1. The van der Waals surface area contributed by atoms with Crippen LogP contribution in [0.15, 0.2) is 23.1 Å². The number of halogens is 1. The van der Waals surface area contributed by atoms with Gasteiger partial charge < -0.3 is 5.11 Å². The van der Waals surface area contributed by atoms with Crippen molar-refractivity contribution in [1.29, 1.82) is 5.26 Å². The normalized spacial score (nSPS) is 12.9. The van der Waals surface area contributed by atoms with Crippen molar-refractivity contribution >= 4 is 27.6 Å². The van der Waals surface area contributed by atoms with Crippen LogP contribution < -0.4 is 0 Å². The molecule has 0 radical (unpaired) electrons. The molecule has 0 aliphatic heterocycles. The Labute approximate surface area is 128 Å². The van der Waals surface area contributed by atoms with Crippen molar-refractivity contribution in [3.05, 3.63) is 28.8 Å². The number of hydrogen-bond acceptors (Lipinski definition) is 4. The van der Waals surface area contributed by atoms with Crippen LogP contribution in [0.4, 0.5) is 0 Å². The minimum atomic E-state index is -4.00. The Balaban J connectivity index is 3.35. The van der Waals surface area contributed by atoms with Gasteiger partial charge in [0.05, 0.1) is 12.0 Å². The van der Waals surface area contributed by atoms with Crippen LogP contribution in [0, 0.1) is 11.3 Å². The first-order valence-electron chi connectivity index (χ1n) is 6.17. The number of nitriles is 1. The quantitative estimate of drug-likeness (QED) is 0.861. The van der Waals surface area contributed by atoms with Gasteiger partial charge in [0.15, 0.2) is 0 Å². The zero-order valence-corrected chi connectivity index (χ0v) is 13.1. The molecule has 0 aliphatic carbocycles. The molecule has 21 heavy (non-hydrogen) atoms. The fourth-order valence-corrected chi connectivity index (χ4v) is 4.05. The number of sulfonamides is 1. The maximum absolute atomic E-state index is 12.6. The molecule has 114 valence electrons. The van der Waals surface area contributed by atoms with E-state index in [-0.39, 0.29) is 28.4 Å². The van der Waals surface area contributed by atoms with Crippen LogP contribution in [0.25, 0.3) is 0 Å². The lowest BCUT2D eigenvalue weighted by molar-refractivity contribution is -0.137. The van der Waals surface area contributed by atoms with Gasteiger partial charge in [-0.2, -0.15) is 9.57 Å². The third kappa shape index (κ3) is 3.94. The SMILES string of the molecule is CCN(C(C)CC(=O)O)S(=O)(=O)c1cc(Cl)ccc1C#N. The monoisotopic (exact) mass is 330 g/mol. The first-order chi connectivity index (χ1) is 9.73. The van der Waals surface area contributed by atoms with E-state index in [1.807, 2.05) is 0 Å². The van der Waals surface area contributed by atoms with Gasteiger partial charge in [0, 0.05) is 17.6 Å². The van der Waals surface area contributed by atoms with Gasteiger partial charge in [0.1, 0.15) is 11.0 Å². The lowest BCUT2D eigenvalue weighted by atomic mass is 10.2. The molecule has 0 amide bonds. The first-order valence-corrected chi connectivity index (χ1v) is 7.99. The Kier molecular flexibility index (Phi) is 5.72. The summed E-state index contributed by atoms with van der Waals surface area (Å²) in [7, 11) is -4.00. The molecule has 0 saturated carbocycles. The molecule has 1 N–H and O–H groups in total. The molecule has 0 heterocycles. The second-order valence-corrected chi connectivity index (χ2v) is 6.70. The Morgan fingerprint density at radius 2 is 2.14 bits per heavy atom. The van der Waals surface area contributed by atoms with Crippen LogP contribution in [-0.2, 0) is 14.8 Å². The van der Waals surface area contributed by atoms with Crippen LogP contribution >= 0.6 is 11.6 Å². The number of carbonyl (C=O) groups is 1. The summed E-state index contributed by atoms with van der Waals surface area (Å²) in [6.45, 7) is 3.20. The third-order valence-electron chi connectivity index (χ3n) is 2.92. The number of hydrogen-bond donors (Lipinski definition) is 1. The fraction of sp³-hybridized carbons (Fsp3) is 0.385. The van der Waals surface area contributed by atoms with E-state index in [0.29, 0.717) is 0 Å². The minimum absolute atomic E-state index is 0.0274. The van der Waals surface area contributed by atoms with Gasteiger partial charge in [-0.3, -0.25) is 4.79 Å². The zero-order chi connectivity index (χ0) is 16.2. The van der Waals surface area contributed by atoms with E-state index in [1.165, 1.54) is 25.1 Å². The Morgan fingerprint density at radius 1 is 1.52 bits per heavy atom. The van der Waals surface area contributed by atoms with Crippen molar-refractivity contribution in [3.63, 3.8) is 0 Å². The molecule has 0 aromatic heterocycles. The number of aliphatic carboxylic acids is 1. The van der Waals surface area contributed by atoms with Crippen LogP contribution in [-0.4, -0.2) is 36.4 Å². The highest BCUT2D eigenvalue weighted by molar-refractivity contribution is 7.89. The van der Waals surface area contributed by atoms with E-state index in [4.69, 9.17) is 22.0 Å². The maximum atomic E-state index is 12.6. The van der Waals surface area contributed by atoms with Gasteiger partial charge in [-0.1, -0.05) is 18.5 Å². The molecular weight excluding hydrogens is 316 g/mol. The second kappa shape index (κ2) is 6.89. The molecule has 0 fully saturated rings. The summed E-state index contributed by atoms with van der Waals surface area (Å²) in [6, 6.07) is 5.02. The molecule has 0 bridgehead atoms. The molecule has 1 unspecified atom stereocenters. The van der Waals surface area contributed by atoms with Crippen molar-refractivity contribution < 1.29 is 18.3 Å². The largest absolute Gasteiger partial charge is 0.481 e. The van der Waals surface area contributed by atoms with E-state index in [0.717, 1.165) is 4.31 Å². The van der Waals surface area contributed by atoms with Gasteiger partial charge in [-0.25, -0.2) is 8.42 Å². The highest BCUT2D eigenvalue weighted by Crippen LogP contribution is 2.25. The molecule has 0 aliphatic rings.